The second kappa shape index (κ2) is 8.75. The second-order valence-electron chi connectivity index (χ2n) is 7.48. The first kappa shape index (κ1) is 19.0. The van der Waals surface area contributed by atoms with Crippen molar-refractivity contribution in [2.45, 2.75) is 25.4 Å². The number of carbonyl (C=O) groups excluding carboxylic acids is 1. The van der Waals surface area contributed by atoms with Gasteiger partial charge in [0.15, 0.2) is 0 Å². The molecule has 150 valence electrons. The molecule has 4 rings (SSSR count). The molecule has 2 amide bonds. The number of likely N-dealkylation sites (tertiary alicyclic amines) is 1. The predicted octanol–water partition coefficient (Wildman–Crippen LogP) is 2.96. The standard InChI is InChI=1S/C21H28N4O3/c1-27-17-12-16-6-4-7-22-20(16)19(13-17)23-21(26)25-10-5-11-28-18(15-25)14-24-8-2-3-9-24/h4,6-7,12-13,18H,2-3,5,8-11,14-15H2,1H3,(H,23,26). The third-order valence-corrected chi connectivity index (χ3v) is 5.45. The van der Waals surface area contributed by atoms with Gasteiger partial charge in [-0.3, -0.25) is 4.98 Å². The molecule has 2 aromatic rings. The van der Waals surface area contributed by atoms with Crippen LogP contribution in [0.25, 0.3) is 10.9 Å². The van der Waals surface area contributed by atoms with Crippen molar-refractivity contribution in [3.8, 4) is 5.75 Å². The summed E-state index contributed by atoms with van der Waals surface area (Å²) in [6.07, 6.45) is 5.16. The lowest BCUT2D eigenvalue weighted by molar-refractivity contribution is 0.0355. The topological polar surface area (TPSA) is 66.9 Å². The molecule has 1 aromatic carbocycles. The van der Waals surface area contributed by atoms with E-state index in [0.717, 1.165) is 37.0 Å². The van der Waals surface area contributed by atoms with E-state index in [1.54, 1.807) is 13.3 Å². The molecule has 2 saturated heterocycles. The Morgan fingerprint density at radius 1 is 1.29 bits per heavy atom. The number of fused-ring (bicyclic) bond motifs is 1. The van der Waals surface area contributed by atoms with Crippen LogP contribution in [0.2, 0.25) is 0 Å². The summed E-state index contributed by atoms with van der Waals surface area (Å²) in [5.74, 6) is 0.696. The summed E-state index contributed by atoms with van der Waals surface area (Å²) < 4.78 is 11.4. The zero-order valence-electron chi connectivity index (χ0n) is 16.4. The van der Waals surface area contributed by atoms with Crippen LogP contribution < -0.4 is 10.1 Å². The van der Waals surface area contributed by atoms with Gasteiger partial charge in [-0.05, 0) is 44.5 Å². The van der Waals surface area contributed by atoms with Crippen molar-refractivity contribution in [1.82, 2.24) is 14.8 Å². The SMILES string of the molecule is COc1cc(NC(=O)N2CCCOC(CN3CCCC3)C2)c2ncccc2c1. The molecular weight excluding hydrogens is 356 g/mol. The molecule has 0 aliphatic carbocycles. The van der Waals surface area contributed by atoms with E-state index in [2.05, 4.69) is 15.2 Å². The first-order chi connectivity index (χ1) is 13.7. The Labute approximate surface area is 165 Å². The molecule has 1 atom stereocenters. The van der Waals surface area contributed by atoms with E-state index in [1.165, 1.54) is 12.8 Å². The van der Waals surface area contributed by atoms with Crippen molar-refractivity contribution in [1.29, 1.82) is 0 Å². The Hall–Kier alpha value is -2.38. The number of benzene rings is 1. The molecule has 3 heterocycles. The highest BCUT2D eigenvalue weighted by molar-refractivity contribution is 6.00. The van der Waals surface area contributed by atoms with Gasteiger partial charge in [-0.1, -0.05) is 6.07 Å². The van der Waals surface area contributed by atoms with Crippen molar-refractivity contribution in [3.63, 3.8) is 0 Å². The van der Waals surface area contributed by atoms with Gasteiger partial charge in [-0.15, -0.1) is 0 Å². The minimum Gasteiger partial charge on any atom is -0.497 e. The second-order valence-corrected chi connectivity index (χ2v) is 7.48. The maximum absolute atomic E-state index is 13.0. The zero-order valence-corrected chi connectivity index (χ0v) is 16.4. The third-order valence-electron chi connectivity index (χ3n) is 5.45. The van der Waals surface area contributed by atoms with E-state index in [-0.39, 0.29) is 12.1 Å². The highest BCUT2D eigenvalue weighted by Gasteiger charge is 2.26. The smallest absolute Gasteiger partial charge is 0.321 e. The van der Waals surface area contributed by atoms with Gasteiger partial charge < -0.3 is 24.6 Å². The summed E-state index contributed by atoms with van der Waals surface area (Å²) in [6.45, 7) is 5.16. The van der Waals surface area contributed by atoms with Gasteiger partial charge in [0.25, 0.3) is 0 Å². The van der Waals surface area contributed by atoms with Crippen molar-refractivity contribution in [2.24, 2.45) is 0 Å². The van der Waals surface area contributed by atoms with Crippen LogP contribution in [0.5, 0.6) is 5.75 Å². The number of rotatable bonds is 4. The summed E-state index contributed by atoms with van der Waals surface area (Å²) in [6, 6.07) is 7.47. The summed E-state index contributed by atoms with van der Waals surface area (Å²) in [4.78, 5) is 21.8. The van der Waals surface area contributed by atoms with Crippen molar-refractivity contribution >= 4 is 22.6 Å². The van der Waals surface area contributed by atoms with Gasteiger partial charge in [0.1, 0.15) is 5.75 Å². The minimum atomic E-state index is -0.114. The number of carbonyl (C=O) groups is 1. The molecule has 0 saturated carbocycles. The van der Waals surface area contributed by atoms with Crippen molar-refractivity contribution < 1.29 is 14.3 Å². The molecule has 0 spiro atoms. The largest absolute Gasteiger partial charge is 0.497 e. The van der Waals surface area contributed by atoms with Crippen molar-refractivity contribution in [2.75, 3.05) is 51.8 Å². The maximum atomic E-state index is 13.0. The van der Waals surface area contributed by atoms with Gasteiger partial charge in [0, 0.05) is 43.9 Å². The Kier molecular flexibility index (Phi) is 5.92. The van der Waals surface area contributed by atoms with Crippen LogP contribution in [0.1, 0.15) is 19.3 Å². The van der Waals surface area contributed by atoms with Crippen LogP contribution in [-0.4, -0.2) is 73.4 Å². The summed E-state index contributed by atoms with van der Waals surface area (Å²) >= 11 is 0. The molecule has 0 radical (unpaired) electrons. The van der Waals surface area contributed by atoms with Gasteiger partial charge in [-0.2, -0.15) is 0 Å². The number of methoxy groups -OCH3 is 1. The number of hydrogen-bond donors (Lipinski definition) is 1. The lowest BCUT2D eigenvalue weighted by atomic mass is 10.2. The summed E-state index contributed by atoms with van der Waals surface area (Å²) in [5, 5.41) is 3.98. The van der Waals surface area contributed by atoms with Crippen LogP contribution in [-0.2, 0) is 4.74 Å². The fourth-order valence-corrected chi connectivity index (χ4v) is 4.02. The number of amides is 2. The van der Waals surface area contributed by atoms with E-state index in [9.17, 15) is 4.79 Å². The molecule has 7 nitrogen and oxygen atoms in total. The molecule has 2 aliphatic rings. The minimum absolute atomic E-state index is 0.0616. The number of aromatic nitrogens is 1. The Morgan fingerprint density at radius 3 is 2.96 bits per heavy atom. The van der Waals surface area contributed by atoms with E-state index in [1.807, 2.05) is 29.2 Å². The molecular formula is C21H28N4O3. The third kappa shape index (κ3) is 4.36. The molecule has 1 N–H and O–H groups in total. The molecule has 1 unspecified atom stereocenters. The van der Waals surface area contributed by atoms with Crippen LogP contribution in [0.3, 0.4) is 0 Å². The fraction of sp³-hybridized carbons (Fsp3) is 0.524. The number of anilines is 1. The number of nitrogens with one attached hydrogen (secondary N) is 1. The van der Waals surface area contributed by atoms with Gasteiger partial charge in [0.2, 0.25) is 0 Å². The lowest BCUT2D eigenvalue weighted by Crippen LogP contribution is -2.43. The first-order valence-electron chi connectivity index (χ1n) is 10.1. The average molecular weight is 384 g/mol. The summed E-state index contributed by atoms with van der Waals surface area (Å²) in [7, 11) is 1.62. The summed E-state index contributed by atoms with van der Waals surface area (Å²) in [5.41, 5.74) is 1.43. The molecule has 2 fully saturated rings. The highest BCUT2D eigenvalue weighted by Crippen LogP contribution is 2.28. The number of ether oxygens (including phenoxy) is 2. The van der Waals surface area contributed by atoms with Gasteiger partial charge in [0.05, 0.1) is 24.4 Å². The number of hydrogen-bond acceptors (Lipinski definition) is 5. The highest BCUT2D eigenvalue weighted by atomic mass is 16.5. The number of nitrogens with zero attached hydrogens (tertiary/aromatic N) is 3. The normalized spacial score (nSPS) is 20.9. The Morgan fingerprint density at radius 2 is 2.14 bits per heavy atom. The van der Waals surface area contributed by atoms with Gasteiger partial charge in [-0.25, -0.2) is 4.79 Å². The molecule has 2 aliphatic heterocycles. The maximum Gasteiger partial charge on any atom is 0.321 e. The zero-order chi connectivity index (χ0) is 19.3. The van der Waals surface area contributed by atoms with Crippen LogP contribution in [0, 0.1) is 0 Å². The molecule has 7 heteroatoms. The molecule has 1 aromatic heterocycles. The number of urea groups is 1. The van der Waals surface area contributed by atoms with E-state index in [0.29, 0.717) is 31.1 Å². The quantitative estimate of drug-likeness (QED) is 0.878. The Balaban J connectivity index is 1.48. The van der Waals surface area contributed by atoms with E-state index >= 15 is 0 Å². The van der Waals surface area contributed by atoms with Crippen LogP contribution in [0.15, 0.2) is 30.5 Å². The molecule has 0 bridgehead atoms. The number of pyridine rings is 1. The monoisotopic (exact) mass is 384 g/mol. The van der Waals surface area contributed by atoms with Crippen LogP contribution in [0.4, 0.5) is 10.5 Å². The van der Waals surface area contributed by atoms with Crippen LogP contribution >= 0.6 is 0 Å². The average Bonchev–Trinajstić information content (AvgIpc) is 3.11. The molecule has 28 heavy (non-hydrogen) atoms. The Bertz CT molecular complexity index is 822. The van der Waals surface area contributed by atoms with E-state index < -0.39 is 0 Å². The van der Waals surface area contributed by atoms with Gasteiger partial charge >= 0.3 is 6.03 Å². The lowest BCUT2D eigenvalue weighted by Gasteiger charge is -2.27. The predicted molar refractivity (Wildman–Crippen MR) is 109 cm³/mol. The van der Waals surface area contributed by atoms with Crippen molar-refractivity contribution in [3.05, 3.63) is 30.5 Å². The first-order valence-corrected chi connectivity index (χ1v) is 10.1. The van der Waals surface area contributed by atoms with E-state index in [4.69, 9.17) is 9.47 Å². The fourth-order valence-electron chi connectivity index (χ4n) is 4.02.